The summed E-state index contributed by atoms with van der Waals surface area (Å²) < 4.78 is 5.60. The third-order valence-electron chi connectivity index (χ3n) is 4.51. The van der Waals surface area contributed by atoms with Crippen molar-refractivity contribution in [3.63, 3.8) is 0 Å². The van der Waals surface area contributed by atoms with E-state index < -0.39 is 6.04 Å². The number of hydrogen-bond donors (Lipinski definition) is 1. The highest BCUT2D eigenvalue weighted by molar-refractivity contribution is 6.30. The van der Waals surface area contributed by atoms with Crippen LogP contribution in [-0.4, -0.2) is 42.5 Å². The highest BCUT2D eigenvalue weighted by atomic mass is 35.5. The number of nitrogens with one attached hydrogen (secondary N) is 1. The van der Waals surface area contributed by atoms with E-state index in [2.05, 4.69) is 5.32 Å². The molecule has 0 spiro atoms. The molecule has 0 saturated carbocycles. The van der Waals surface area contributed by atoms with Crippen molar-refractivity contribution in [1.82, 2.24) is 10.2 Å². The first-order valence-electron chi connectivity index (χ1n) is 9.86. The average Bonchev–Trinajstić information content (AvgIpc) is 2.72. The fraction of sp³-hybridized carbons (Fsp3) is 0.391. The highest BCUT2D eigenvalue weighted by Gasteiger charge is 2.26. The molecule has 0 unspecified atom stereocenters. The highest BCUT2D eigenvalue weighted by Crippen LogP contribution is 2.16. The molecule has 0 aliphatic heterocycles. The van der Waals surface area contributed by atoms with E-state index in [1.807, 2.05) is 44.2 Å². The molecule has 1 atom stereocenters. The maximum atomic E-state index is 12.9. The van der Waals surface area contributed by atoms with Crippen molar-refractivity contribution >= 4 is 23.4 Å². The second-order valence-corrected chi connectivity index (χ2v) is 7.82. The first-order chi connectivity index (χ1) is 13.9. The summed E-state index contributed by atoms with van der Waals surface area (Å²) in [4.78, 5) is 27.0. The van der Waals surface area contributed by atoms with Gasteiger partial charge in [-0.1, -0.05) is 55.8 Å². The van der Waals surface area contributed by atoms with Crippen LogP contribution in [0.5, 0.6) is 5.75 Å². The summed E-state index contributed by atoms with van der Waals surface area (Å²) in [5.41, 5.74) is 1.11. The summed E-state index contributed by atoms with van der Waals surface area (Å²) in [6.07, 6.45) is 0.662. The predicted octanol–water partition coefficient (Wildman–Crippen LogP) is 3.95. The molecule has 6 heteroatoms. The van der Waals surface area contributed by atoms with Crippen molar-refractivity contribution in [2.24, 2.45) is 5.92 Å². The topological polar surface area (TPSA) is 58.6 Å². The molecule has 0 aliphatic carbocycles. The lowest BCUT2D eigenvalue weighted by molar-refractivity contribution is -0.141. The molecule has 0 saturated heterocycles. The van der Waals surface area contributed by atoms with Crippen LogP contribution in [0.25, 0.3) is 0 Å². The van der Waals surface area contributed by atoms with Gasteiger partial charge >= 0.3 is 0 Å². The number of rotatable bonds is 10. The fourth-order valence-electron chi connectivity index (χ4n) is 2.78. The summed E-state index contributed by atoms with van der Waals surface area (Å²) in [7, 11) is 0. The number of carbonyl (C=O) groups excluding carboxylic acids is 2. The van der Waals surface area contributed by atoms with Gasteiger partial charge in [0.1, 0.15) is 11.8 Å². The Hall–Kier alpha value is -2.53. The van der Waals surface area contributed by atoms with Gasteiger partial charge in [-0.3, -0.25) is 9.59 Å². The number of amides is 2. The summed E-state index contributed by atoms with van der Waals surface area (Å²) in [6.45, 7) is 6.68. The van der Waals surface area contributed by atoms with Crippen molar-refractivity contribution in [2.75, 3.05) is 19.7 Å². The molecular weight excluding hydrogens is 388 g/mol. The molecule has 0 radical (unpaired) electrons. The van der Waals surface area contributed by atoms with Gasteiger partial charge in [-0.25, -0.2) is 0 Å². The summed E-state index contributed by atoms with van der Waals surface area (Å²) in [6, 6.07) is 16.1. The molecular formula is C23H29ClN2O3. The summed E-state index contributed by atoms with van der Waals surface area (Å²) in [5.74, 6) is 0.505. The van der Waals surface area contributed by atoms with Gasteiger partial charge < -0.3 is 15.0 Å². The molecule has 0 heterocycles. The molecule has 0 aliphatic rings. The number of halogens is 1. The van der Waals surface area contributed by atoms with Gasteiger partial charge in [0.05, 0.1) is 0 Å². The molecule has 1 N–H and O–H groups in total. The standard InChI is InChI=1S/C23H29ClN2O3/c1-17(2)15-25-23(28)18(3)26(14-13-19-7-5-4-6-8-19)22(27)16-29-21-11-9-20(24)10-12-21/h4-12,17-18H,13-16H2,1-3H3,(H,25,28)/t18-/m0/s1. The van der Waals surface area contributed by atoms with E-state index in [-0.39, 0.29) is 18.4 Å². The maximum Gasteiger partial charge on any atom is 0.261 e. The second-order valence-electron chi connectivity index (χ2n) is 7.38. The molecule has 2 aromatic carbocycles. The van der Waals surface area contributed by atoms with Crippen LogP contribution >= 0.6 is 11.6 Å². The Labute approximate surface area is 178 Å². The minimum atomic E-state index is -0.584. The van der Waals surface area contributed by atoms with Crippen LogP contribution in [0.4, 0.5) is 0 Å². The minimum absolute atomic E-state index is 0.141. The van der Waals surface area contributed by atoms with Crippen molar-refractivity contribution in [3.8, 4) is 5.75 Å². The number of carbonyl (C=O) groups is 2. The normalized spacial score (nSPS) is 11.8. The van der Waals surface area contributed by atoms with Crippen LogP contribution < -0.4 is 10.1 Å². The van der Waals surface area contributed by atoms with E-state index in [0.717, 1.165) is 5.56 Å². The zero-order valence-electron chi connectivity index (χ0n) is 17.2. The summed E-state index contributed by atoms with van der Waals surface area (Å²) in [5, 5.41) is 3.51. The monoisotopic (exact) mass is 416 g/mol. The SMILES string of the molecule is CC(C)CNC(=O)[C@H](C)N(CCc1ccccc1)C(=O)COc1ccc(Cl)cc1. The zero-order chi connectivity index (χ0) is 21.2. The molecule has 0 aromatic heterocycles. The third-order valence-corrected chi connectivity index (χ3v) is 4.76. The van der Waals surface area contributed by atoms with E-state index in [4.69, 9.17) is 16.3 Å². The van der Waals surface area contributed by atoms with Gasteiger partial charge in [-0.15, -0.1) is 0 Å². The molecule has 156 valence electrons. The zero-order valence-corrected chi connectivity index (χ0v) is 18.0. The third kappa shape index (κ3) is 7.78. The average molecular weight is 417 g/mol. The maximum absolute atomic E-state index is 12.9. The molecule has 0 fully saturated rings. The summed E-state index contributed by atoms with van der Waals surface area (Å²) >= 11 is 5.88. The second kappa shape index (κ2) is 11.5. The van der Waals surface area contributed by atoms with Crippen LogP contribution in [0.3, 0.4) is 0 Å². The predicted molar refractivity (Wildman–Crippen MR) is 116 cm³/mol. The Morgan fingerprint density at radius 3 is 2.31 bits per heavy atom. The van der Waals surface area contributed by atoms with E-state index >= 15 is 0 Å². The Morgan fingerprint density at radius 1 is 1.03 bits per heavy atom. The number of nitrogens with zero attached hydrogens (tertiary/aromatic N) is 1. The lowest BCUT2D eigenvalue weighted by Gasteiger charge is -2.29. The first-order valence-corrected chi connectivity index (χ1v) is 10.2. The van der Waals surface area contributed by atoms with Crippen molar-refractivity contribution in [2.45, 2.75) is 33.2 Å². The Bertz CT molecular complexity index is 778. The number of hydrogen-bond acceptors (Lipinski definition) is 3. The van der Waals surface area contributed by atoms with Gasteiger partial charge in [0.2, 0.25) is 5.91 Å². The minimum Gasteiger partial charge on any atom is -0.484 e. The molecule has 2 amide bonds. The number of ether oxygens (including phenoxy) is 1. The Balaban J connectivity index is 2.03. The van der Waals surface area contributed by atoms with E-state index in [1.54, 1.807) is 36.1 Å². The van der Waals surface area contributed by atoms with Gasteiger partial charge in [-0.05, 0) is 49.1 Å². The fourth-order valence-corrected chi connectivity index (χ4v) is 2.91. The Morgan fingerprint density at radius 2 is 1.69 bits per heavy atom. The van der Waals surface area contributed by atoms with Gasteiger partial charge in [-0.2, -0.15) is 0 Å². The van der Waals surface area contributed by atoms with Gasteiger partial charge in [0.15, 0.2) is 6.61 Å². The quantitative estimate of drug-likeness (QED) is 0.638. The molecule has 5 nitrogen and oxygen atoms in total. The van der Waals surface area contributed by atoms with Crippen molar-refractivity contribution in [1.29, 1.82) is 0 Å². The van der Waals surface area contributed by atoms with Crippen molar-refractivity contribution < 1.29 is 14.3 Å². The van der Waals surface area contributed by atoms with Crippen LogP contribution in [0.15, 0.2) is 54.6 Å². The molecule has 2 rings (SSSR count). The van der Waals surface area contributed by atoms with Gasteiger partial charge in [0.25, 0.3) is 5.91 Å². The lowest BCUT2D eigenvalue weighted by Crippen LogP contribution is -2.50. The first kappa shape index (κ1) is 22.8. The van der Waals surface area contributed by atoms with Gasteiger partial charge in [0, 0.05) is 18.1 Å². The molecule has 0 bridgehead atoms. The van der Waals surface area contributed by atoms with E-state index in [9.17, 15) is 9.59 Å². The van der Waals surface area contributed by atoms with Crippen LogP contribution in [0, 0.1) is 5.92 Å². The van der Waals surface area contributed by atoms with Crippen LogP contribution in [-0.2, 0) is 16.0 Å². The van der Waals surface area contributed by atoms with E-state index in [1.165, 1.54) is 0 Å². The molecule has 29 heavy (non-hydrogen) atoms. The largest absolute Gasteiger partial charge is 0.484 e. The van der Waals surface area contributed by atoms with E-state index in [0.29, 0.717) is 36.2 Å². The van der Waals surface area contributed by atoms with Crippen molar-refractivity contribution in [3.05, 3.63) is 65.2 Å². The van der Waals surface area contributed by atoms with Crippen LogP contribution in [0.2, 0.25) is 5.02 Å². The Kier molecular flexibility index (Phi) is 9.00. The molecule has 2 aromatic rings. The smallest absolute Gasteiger partial charge is 0.261 e. The lowest BCUT2D eigenvalue weighted by atomic mass is 10.1. The van der Waals surface area contributed by atoms with Crippen LogP contribution in [0.1, 0.15) is 26.3 Å². The number of benzene rings is 2.